The maximum atomic E-state index is 12.3. The number of carbonyl (C=O) groups is 2. The SMILES string of the molecule is N#Cc1cnn2c(-c3cc(NC4CCOCC4)c(-c4nnc(N5CCN(CC6CCN(c7ccc([C@H]8CCC(=O)NC8=O)cc7)CC6)CC5)s4)cn3)ccc2c1. The van der Waals surface area contributed by atoms with Crippen LogP contribution in [0.4, 0.5) is 16.5 Å². The summed E-state index contributed by atoms with van der Waals surface area (Å²) in [5.41, 5.74) is 7.08. The Morgan fingerprint density at radius 1 is 0.893 bits per heavy atom. The van der Waals surface area contributed by atoms with Crippen LogP contribution in [0.1, 0.15) is 55.6 Å². The van der Waals surface area contributed by atoms with Gasteiger partial charge in [-0.2, -0.15) is 10.4 Å². The zero-order valence-electron chi connectivity index (χ0n) is 31.3. The van der Waals surface area contributed by atoms with E-state index in [1.807, 2.05) is 28.9 Å². The van der Waals surface area contributed by atoms with Crippen LogP contribution in [0.3, 0.4) is 0 Å². The van der Waals surface area contributed by atoms with Crippen LogP contribution in [0.25, 0.3) is 27.5 Å². The van der Waals surface area contributed by atoms with E-state index in [0.717, 1.165) is 129 Å². The number of pyridine rings is 1. The first-order chi connectivity index (χ1) is 27.5. The van der Waals surface area contributed by atoms with Gasteiger partial charge in [0.1, 0.15) is 6.07 Å². The molecule has 4 fully saturated rings. The standard InChI is InChI=1S/C41H45N11O3S/c42-23-28-21-32-5-7-37(52(32)44-24-28)36-22-35(45-30-11-19-55-20-12-30)34(25-43-36)40-47-48-41(56-40)51-17-15-49(16-18-51)26-27-9-13-50(14-10-27)31-3-1-29(2-4-31)33-6-8-38(53)46-39(33)54/h1-5,7,21-22,24-25,27,30,33H,6,8-20,26H2,(H,43,45)(H,46,53,54)/t33-/m1/s1. The molecule has 4 saturated heterocycles. The van der Waals surface area contributed by atoms with E-state index < -0.39 is 0 Å². The maximum Gasteiger partial charge on any atom is 0.234 e. The van der Waals surface area contributed by atoms with Crippen molar-refractivity contribution in [3.05, 3.63) is 72.1 Å². The fourth-order valence-corrected chi connectivity index (χ4v) is 9.36. The summed E-state index contributed by atoms with van der Waals surface area (Å²) in [6.45, 7) is 8.47. The molecule has 5 aromatic rings. The van der Waals surface area contributed by atoms with Gasteiger partial charge in [0.15, 0.2) is 5.01 Å². The number of carbonyl (C=O) groups excluding carboxylic acids is 2. The Balaban J connectivity index is 0.810. The lowest BCUT2D eigenvalue weighted by Gasteiger charge is -2.39. The van der Waals surface area contributed by atoms with E-state index in [2.05, 4.69) is 77.0 Å². The molecule has 4 aliphatic rings. The summed E-state index contributed by atoms with van der Waals surface area (Å²) in [6, 6.07) is 18.7. The quantitative estimate of drug-likeness (QED) is 0.195. The molecule has 0 spiro atoms. The first-order valence-corrected chi connectivity index (χ1v) is 20.5. The van der Waals surface area contributed by atoms with E-state index >= 15 is 0 Å². The molecule has 4 aliphatic heterocycles. The molecular formula is C41H45N11O3S. The molecule has 8 heterocycles. The summed E-state index contributed by atoms with van der Waals surface area (Å²) < 4.78 is 7.45. The summed E-state index contributed by atoms with van der Waals surface area (Å²) in [4.78, 5) is 36.2. The van der Waals surface area contributed by atoms with E-state index in [1.165, 1.54) is 5.69 Å². The number of nitrogens with one attached hydrogen (secondary N) is 2. The zero-order chi connectivity index (χ0) is 38.0. The van der Waals surface area contributed by atoms with Gasteiger partial charge >= 0.3 is 0 Å². The highest BCUT2D eigenvalue weighted by Gasteiger charge is 2.29. The molecule has 0 radical (unpaired) electrons. The number of nitriles is 1. The van der Waals surface area contributed by atoms with Crippen molar-refractivity contribution in [2.45, 2.75) is 50.5 Å². The molecule has 15 heteroatoms. The number of fused-ring (bicyclic) bond motifs is 1. The van der Waals surface area contributed by atoms with Gasteiger partial charge in [0.2, 0.25) is 16.9 Å². The Hall–Kier alpha value is -5.43. The fourth-order valence-electron chi connectivity index (χ4n) is 8.44. The largest absolute Gasteiger partial charge is 0.381 e. The number of nitrogens with zero attached hydrogens (tertiary/aromatic N) is 9. The minimum Gasteiger partial charge on any atom is -0.381 e. The molecule has 0 saturated carbocycles. The number of anilines is 3. The van der Waals surface area contributed by atoms with E-state index in [4.69, 9.17) is 9.72 Å². The van der Waals surface area contributed by atoms with Crippen molar-refractivity contribution in [2.75, 3.05) is 74.1 Å². The molecule has 1 aromatic carbocycles. The number of ether oxygens (including phenoxy) is 1. The van der Waals surface area contributed by atoms with Crippen molar-refractivity contribution in [1.82, 2.24) is 35.0 Å². The van der Waals surface area contributed by atoms with E-state index in [-0.39, 0.29) is 23.8 Å². The third-order valence-electron chi connectivity index (χ3n) is 11.7. The molecular weight excluding hydrogens is 727 g/mol. The fraction of sp³-hybridized carbons (Fsp3) is 0.439. The molecule has 2 N–H and O–H groups in total. The summed E-state index contributed by atoms with van der Waals surface area (Å²) in [5.74, 6) is 0.0614. The molecule has 9 rings (SSSR count). The zero-order valence-corrected chi connectivity index (χ0v) is 32.1. The van der Waals surface area contributed by atoms with Crippen LogP contribution in [-0.4, -0.2) is 107 Å². The molecule has 0 unspecified atom stereocenters. The van der Waals surface area contributed by atoms with Crippen molar-refractivity contribution in [2.24, 2.45) is 5.92 Å². The van der Waals surface area contributed by atoms with Gasteiger partial charge in [-0.15, -0.1) is 10.2 Å². The number of amides is 2. The smallest absolute Gasteiger partial charge is 0.234 e. The van der Waals surface area contributed by atoms with Crippen molar-refractivity contribution >= 4 is 45.2 Å². The van der Waals surface area contributed by atoms with Gasteiger partial charge in [0.05, 0.1) is 40.1 Å². The highest BCUT2D eigenvalue weighted by Crippen LogP contribution is 2.37. The first kappa shape index (κ1) is 36.2. The monoisotopic (exact) mass is 771 g/mol. The lowest BCUT2D eigenvalue weighted by Crippen LogP contribution is -2.49. The van der Waals surface area contributed by atoms with E-state index in [0.29, 0.717) is 24.3 Å². The maximum absolute atomic E-state index is 12.3. The second-order valence-electron chi connectivity index (χ2n) is 15.3. The molecule has 288 valence electrons. The Morgan fingerprint density at radius 2 is 1.70 bits per heavy atom. The first-order valence-electron chi connectivity index (χ1n) is 19.7. The number of imide groups is 1. The molecule has 0 bridgehead atoms. The molecule has 2 amide bonds. The molecule has 4 aromatic heterocycles. The van der Waals surface area contributed by atoms with Crippen molar-refractivity contribution < 1.29 is 14.3 Å². The van der Waals surface area contributed by atoms with E-state index in [9.17, 15) is 14.9 Å². The van der Waals surface area contributed by atoms with Crippen molar-refractivity contribution in [3.8, 4) is 28.0 Å². The van der Waals surface area contributed by atoms with Crippen LogP contribution < -0.4 is 20.4 Å². The Bertz CT molecular complexity index is 2240. The number of piperidine rings is 2. The van der Waals surface area contributed by atoms with Crippen molar-refractivity contribution in [3.63, 3.8) is 0 Å². The van der Waals surface area contributed by atoms with Gasteiger partial charge in [0.25, 0.3) is 0 Å². The van der Waals surface area contributed by atoms with Crippen LogP contribution in [0.15, 0.2) is 60.9 Å². The van der Waals surface area contributed by atoms with Gasteiger partial charge in [0, 0.05) is 89.1 Å². The Morgan fingerprint density at radius 3 is 2.46 bits per heavy atom. The highest BCUT2D eigenvalue weighted by molar-refractivity contribution is 7.18. The Kier molecular flexibility index (Phi) is 10.3. The minimum atomic E-state index is -0.244. The topological polar surface area (TPSA) is 157 Å². The molecule has 0 aliphatic carbocycles. The molecule has 14 nitrogen and oxygen atoms in total. The number of hydrogen-bond donors (Lipinski definition) is 2. The predicted octanol–water partition coefficient (Wildman–Crippen LogP) is 4.94. The summed E-state index contributed by atoms with van der Waals surface area (Å²) >= 11 is 1.62. The summed E-state index contributed by atoms with van der Waals surface area (Å²) in [7, 11) is 0. The number of aromatic nitrogens is 5. The van der Waals surface area contributed by atoms with Crippen molar-refractivity contribution in [1.29, 1.82) is 5.26 Å². The summed E-state index contributed by atoms with van der Waals surface area (Å²) in [6.07, 6.45) is 8.61. The normalized spacial score (nSPS) is 20.3. The summed E-state index contributed by atoms with van der Waals surface area (Å²) in [5, 5.41) is 31.2. The van der Waals surface area contributed by atoms with Gasteiger partial charge in [-0.3, -0.25) is 24.8 Å². The number of rotatable bonds is 9. The third-order valence-corrected chi connectivity index (χ3v) is 12.7. The second kappa shape index (κ2) is 16.0. The Labute approximate surface area is 329 Å². The van der Waals surface area contributed by atoms with E-state index in [1.54, 1.807) is 17.5 Å². The van der Waals surface area contributed by atoms with Gasteiger partial charge in [-0.05, 0) is 80.0 Å². The van der Waals surface area contributed by atoms with Gasteiger partial charge in [-0.1, -0.05) is 23.5 Å². The number of hydrogen-bond acceptors (Lipinski definition) is 13. The molecule has 1 atom stereocenters. The van der Waals surface area contributed by atoms with Gasteiger partial charge < -0.3 is 19.9 Å². The average Bonchev–Trinajstić information content (AvgIpc) is 3.90. The highest BCUT2D eigenvalue weighted by atomic mass is 32.1. The van der Waals surface area contributed by atoms with Crippen LogP contribution in [0.5, 0.6) is 0 Å². The predicted molar refractivity (Wildman–Crippen MR) is 215 cm³/mol. The van der Waals surface area contributed by atoms with Crippen LogP contribution in [0, 0.1) is 17.2 Å². The average molecular weight is 772 g/mol. The second-order valence-corrected chi connectivity index (χ2v) is 16.2. The number of benzene rings is 1. The lowest BCUT2D eigenvalue weighted by atomic mass is 9.90. The molecule has 56 heavy (non-hydrogen) atoms. The third kappa shape index (κ3) is 7.69. The van der Waals surface area contributed by atoms with Crippen LogP contribution in [0.2, 0.25) is 0 Å². The van der Waals surface area contributed by atoms with Crippen LogP contribution >= 0.6 is 11.3 Å². The van der Waals surface area contributed by atoms with Gasteiger partial charge in [-0.25, -0.2) is 4.52 Å². The van der Waals surface area contributed by atoms with Crippen LogP contribution in [-0.2, 0) is 14.3 Å². The minimum absolute atomic E-state index is 0.178. The number of piperazine rings is 1. The lowest BCUT2D eigenvalue weighted by molar-refractivity contribution is -0.134.